The number of nitrogens with one attached hydrogen (secondary N) is 2. The maximum absolute atomic E-state index is 4.41. The van der Waals surface area contributed by atoms with E-state index in [1.165, 1.54) is 18.4 Å². The first kappa shape index (κ1) is 21.3. The number of nitrogens with zero attached hydrogens (tertiary/aromatic N) is 5. The Morgan fingerprint density at radius 1 is 1.21 bits per heavy atom. The second kappa shape index (κ2) is 11.0. The second-order valence-corrected chi connectivity index (χ2v) is 7.82. The molecule has 7 heteroatoms. The Bertz CT molecular complexity index is 748. The molecule has 1 aromatic carbocycles. The van der Waals surface area contributed by atoms with Crippen molar-refractivity contribution < 1.29 is 0 Å². The van der Waals surface area contributed by atoms with Crippen molar-refractivity contribution >= 4 is 5.96 Å². The second-order valence-electron chi connectivity index (χ2n) is 7.82. The highest BCUT2D eigenvalue weighted by Crippen LogP contribution is 2.26. The van der Waals surface area contributed by atoms with Crippen molar-refractivity contribution in [3.8, 4) is 0 Å². The number of rotatable bonds is 8. The number of piperidine rings is 1. The fraction of sp³-hybridized carbons (Fsp3) is 0.591. The van der Waals surface area contributed by atoms with Crippen LogP contribution in [0.5, 0.6) is 0 Å². The average Bonchev–Trinajstić information content (AvgIpc) is 3.22. The molecule has 1 aromatic heterocycles. The monoisotopic (exact) mass is 397 g/mol. The van der Waals surface area contributed by atoms with E-state index in [0.29, 0.717) is 6.04 Å². The van der Waals surface area contributed by atoms with Gasteiger partial charge in [0.15, 0.2) is 5.96 Å². The summed E-state index contributed by atoms with van der Waals surface area (Å²) in [6.45, 7) is 9.21. The van der Waals surface area contributed by atoms with Gasteiger partial charge < -0.3 is 15.2 Å². The summed E-state index contributed by atoms with van der Waals surface area (Å²) < 4.78 is 2.09. The van der Waals surface area contributed by atoms with Crippen LogP contribution in [0.4, 0.5) is 0 Å². The summed E-state index contributed by atoms with van der Waals surface area (Å²) in [6, 6.07) is 11.2. The Kier molecular flexibility index (Phi) is 8.04. The zero-order valence-corrected chi connectivity index (χ0v) is 18.0. The quantitative estimate of drug-likeness (QED) is 0.529. The zero-order valence-electron chi connectivity index (χ0n) is 18.0. The van der Waals surface area contributed by atoms with E-state index in [9.17, 15) is 0 Å². The van der Waals surface area contributed by atoms with Crippen molar-refractivity contribution in [3.05, 3.63) is 48.0 Å². The van der Waals surface area contributed by atoms with E-state index in [1.54, 1.807) is 6.33 Å². The number of aromatic nitrogens is 3. The minimum absolute atomic E-state index is 0.354. The van der Waals surface area contributed by atoms with Gasteiger partial charge in [-0.2, -0.15) is 0 Å². The van der Waals surface area contributed by atoms with Crippen LogP contribution < -0.4 is 10.6 Å². The molecule has 1 aliphatic rings. The van der Waals surface area contributed by atoms with E-state index < -0.39 is 0 Å². The smallest absolute Gasteiger partial charge is 0.191 e. The van der Waals surface area contributed by atoms with Gasteiger partial charge in [0.25, 0.3) is 0 Å². The van der Waals surface area contributed by atoms with Crippen molar-refractivity contribution in [1.29, 1.82) is 0 Å². The lowest BCUT2D eigenvalue weighted by molar-refractivity contribution is 0.138. The molecule has 0 aliphatic carbocycles. The third-order valence-electron chi connectivity index (χ3n) is 5.79. The summed E-state index contributed by atoms with van der Waals surface area (Å²) in [7, 11) is 1.83. The molecule has 1 atom stereocenters. The SMILES string of the molecule is CCc1nncn1CCNC(=NC)NCC(c1ccccc1)N1CCC(C)CC1. The lowest BCUT2D eigenvalue weighted by Gasteiger charge is -2.37. The third-order valence-corrected chi connectivity index (χ3v) is 5.79. The zero-order chi connectivity index (χ0) is 20.5. The Morgan fingerprint density at radius 3 is 2.66 bits per heavy atom. The van der Waals surface area contributed by atoms with Crippen LogP contribution in [0.3, 0.4) is 0 Å². The molecule has 1 fully saturated rings. The molecule has 0 radical (unpaired) electrons. The summed E-state index contributed by atoms with van der Waals surface area (Å²) in [5.74, 6) is 2.68. The standard InChI is InChI=1S/C22H35N7/c1-4-21-27-26-17-29(21)15-12-24-22(23-3)25-16-20(19-8-6-5-7-9-19)28-13-10-18(2)11-14-28/h5-9,17-18,20H,4,10-16H2,1-3H3,(H2,23,24,25). The van der Waals surface area contributed by atoms with E-state index in [1.807, 2.05) is 7.05 Å². The minimum atomic E-state index is 0.354. The molecule has 1 unspecified atom stereocenters. The van der Waals surface area contributed by atoms with Crippen molar-refractivity contribution in [2.24, 2.45) is 10.9 Å². The van der Waals surface area contributed by atoms with Crippen molar-refractivity contribution in [2.75, 3.05) is 33.2 Å². The lowest BCUT2D eigenvalue weighted by atomic mass is 9.95. The van der Waals surface area contributed by atoms with Crippen LogP contribution in [-0.2, 0) is 13.0 Å². The predicted molar refractivity (Wildman–Crippen MR) is 118 cm³/mol. The van der Waals surface area contributed by atoms with E-state index >= 15 is 0 Å². The molecule has 3 rings (SSSR count). The molecule has 0 amide bonds. The highest BCUT2D eigenvalue weighted by molar-refractivity contribution is 5.79. The molecular formula is C22H35N7. The summed E-state index contributed by atoms with van der Waals surface area (Å²) in [5, 5.41) is 15.1. The first-order valence-corrected chi connectivity index (χ1v) is 10.8. The van der Waals surface area contributed by atoms with E-state index in [2.05, 4.69) is 79.5 Å². The Morgan fingerprint density at radius 2 is 1.97 bits per heavy atom. The van der Waals surface area contributed by atoms with Gasteiger partial charge in [0, 0.05) is 33.1 Å². The van der Waals surface area contributed by atoms with Gasteiger partial charge in [-0.1, -0.05) is 44.2 Å². The number of hydrogen-bond donors (Lipinski definition) is 2. The number of aryl methyl sites for hydroxylation is 1. The Labute approximate surface area is 174 Å². The molecule has 7 nitrogen and oxygen atoms in total. The molecule has 1 saturated heterocycles. The molecule has 2 aromatic rings. The van der Waals surface area contributed by atoms with Gasteiger partial charge in [0.2, 0.25) is 0 Å². The molecular weight excluding hydrogens is 362 g/mol. The van der Waals surface area contributed by atoms with Crippen LogP contribution in [0.1, 0.15) is 44.1 Å². The van der Waals surface area contributed by atoms with Crippen LogP contribution in [-0.4, -0.2) is 58.9 Å². The van der Waals surface area contributed by atoms with Gasteiger partial charge in [-0.05, 0) is 37.4 Å². The summed E-state index contributed by atoms with van der Waals surface area (Å²) in [4.78, 5) is 7.02. The van der Waals surface area contributed by atoms with Crippen molar-refractivity contribution in [1.82, 2.24) is 30.3 Å². The highest BCUT2D eigenvalue weighted by atomic mass is 15.3. The Balaban J connectivity index is 1.55. The largest absolute Gasteiger partial charge is 0.355 e. The molecule has 29 heavy (non-hydrogen) atoms. The number of hydrogen-bond acceptors (Lipinski definition) is 4. The molecule has 1 aliphatic heterocycles. The van der Waals surface area contributed by atoms with Crippen molar-refractivity contribution in [3.63, 3.8) is 0 Å². The maximum Gasteiger partial charge on any atom is 0.191 e. The molecule has 0 spiro atoms. The van der Waals surface area contributed by atoms with E-state index in [-0.39, 0.29) is 0 Å². The average molecular weight is 398 g/mol. The van der Waals surface area contributed by atoms with Crippen LogP contribution in [0.15, 0.2) is 41.7 Å². The maximum atomic E-state index is 4.41. The van der Waals surface area contributed by atoms with Crippen molar-refractivity contribution in [2.45, 2.75) is 45.7 Å². The Hall–Kier alpha value is -2.41. The summed E-state index contributed by atoms with van der Waals surface area (Å²) in [6.07, 6.45) is 5.23. The number of benzene rings is 1. The van der Waals surface area contributed by atoms with E-state index in [0.717, 1.165) is 56.8 Å². The minimum Gasteiger partial charge on any atom is -0.355 e. The highest BCUT2D eigenvalue weighted by Gasteiger charge is 2.24. The van der Waals surface area contributed by atoms with Crippen LogP contribution in [0, 0.1) is 5.92 Å². The topological polar surface area (TPSA) is 70.4 Å². The first-order chi connectivity index (χ1) is 14.2. The van der Waals surface area contributed by atoms with Crippen LogP contribution in [0.2, 0.25) is 0 Å². The fourth-order valence-corrected chi connectivity index (χ4v) is 3.92. The summed E-state index contributed by atoms with van der Waals surface area (Å²) >= 11 is 0. The van der Waals surface area contributed by atoms with Gasteiger partial charge in [-0.25, -0.2) is 0 Å². The third kappa shape index (κ3) is 6.03. The number of aliphatic imine (C=N–C) groups is 1. The number of likely N-dealkylation sites (tertiary alicyclic amines) is 1. The van der Waals surface area contributed by atoms with E-state index in [4.69, 9.17) is 0 Å². The van der Waals surface area contributed by atoms with Gasteiger partial charge in [0.05, 0.1) is 6.04 Å². The van der Waals surface area contributed by atoms with Gasteiger partial charge in [-0.15, -0.1) is 10.2 Å². The molecule has 2 heterocycles. The predicted octanol–water partition coefficient (Wildman–Crippen LogP) is 2.48. The van der Waals surface area contributed by atoms with Gasteiger partial charge in [0.1, 0.15) is 12.2 Å². The van der Waals surface area contributed by atoms with Crippen LogP contribution in [0.25, 0.3) is 0 Å². The first-order valence-electron chi connectivity index (χ1n) is 10.8. The normalized spacial score (nSPS) is 17.3. The van der Waals surface area contributed by atoms with Crippen LogP contribution >= 0.6 is 0 Å². The molecule has 158 valence electrons. The molecule has 2 N–H and O–H groups in total. The van der Waals surface area contributed by atoms with Gasteiger partial charge in [-0.3, -0.25) is 9.89 Å². The van der Waals surface area contributed by atoms with Gasteiger partial charge >= 0.3 is 0 Å². The lowest BCUT2D eigenvalue weighted by Crippen LogP contribution is -2.45. The fourth-order valence-electron chi connectivity index (χ4n) is 3.92. The molecule has 0 bridgehead atoms. The molecule has 0 saturated carbocycles. The number of guanidine groups is 1. The summed E-state index contributed by atoms with van der Waals surface area (Å²) in [5.41, 5.74) is 1.36.